The zero-order chi connectivity index (χ0) is 13.3. The number of benzene rings is 1. The maximum absolute atomic E-state index is 11.2. The van der Waals surface area contributed by atoms with Crippen molar-refractivity contribution < 1.29 is 14.6 Å². The number of hydrogen-bond acceptors (Lipinski definition) is 3. The fourth-order valence-electron chi connectivity index (χ4n) is 2.52. The Morgan fingerprint density at radius 2 is 2.33 bits per heavy atom. The van der Waals surface area contributed by atoms with Gasteiger partial charge in [-0.25, -0.2) is 0 Å². The topological polar surface area (TPSA) is 72.5 Å². The van der Waals surface area contributed by atoms with Crippen LogP contribution in [0.15, 0.2) is 6.07 Å². The molecule has 1 atom stereocenters. The molecule has 0 amide bonds. The van der Waals surface area contributed by atoms with Crippen molar-refractivity contribution in [1.82, 2.24) is 0 Å². The van der Waals surface area contributed by atoms with Crippen LogP contribution in [0, 0.1) is 0 Å². The van der Waals surface area contributed by atoms with E-state index in [-0.39, 0.29) is 6.54 Å². The Balaban J connectivity index is 2.59. The molecule has 1 unspecified atom stereocenters. The number of hydrogen-bond donors (Lipinski definition) is 2. The first-order chi connectivity index (χ1) is 8.60. The van der Waals surface area contributed by atoms with Crippen LogP contribution in [0.1, 0.15) is 29.0 Å². The molecular formula is C13H16ClNO3. The monoisotopic (exact) mass is 269 g/mol. The first-order valence-corrected chi connectivity index (χ1v) is 6.29. The lowest BCUT2D eigenvalue weighted by molar-refractivity contribution is -0.138. The highest BCUT2D eigenvalue weighted by Crippen LogP contribution is 2.41. The molecule has 4 nitrogen and oxygen atoms in total. The van der Waals surface area contributed by atoms with Gasteiger partial charge in [0.2, 0.25) is 0 Å². The fourth-order valence-corrected chi connectivity index (χ4v) is 2.92. The Morgan fingerprint density at radius 3 is 2.89 bits per heavy atom. The van der Waals surface area contributed by atoms with Crippen LogP contribution in [0.25, 0.3) is 0 Å². The number of carbonyl (C=O) groups is 1. The van der Waals surface area contributed by atoms with Crippen molar-refractivity contribution >= 4 is 17.6 Å². The molecule has 3 N–H and O–H groups in total. The zero-order valence-corrected chi connectivity index (χ0v) is 11.0. The highest BCUT2D eigenvalue weighted by Gasteiger charge is 2.28. The second-order valence-electron chi connectivity index (χ2n) is 4.43. The molecule has 18 heavy (non-hydrogen) atoms. The largest absolute Gasteiger partial charge is 0.495 e. The van der Waals surface area contributed by atoms with Gasteiger partial charge in [-0.1, -0.05) is 17.7 Å². The van der Waals surface area contributed by atoms with E-state index in [9.17, 15) is 9.90 Å². The lowest BCUT2D eigenvalue weighted by Gasteiger charge is -2.18. The molecule has 0 heterocycles. The van der Waals surface area contributed by atoms with E-state index < -0.39 is 11.9 Å². The number of methoxy groups -OCH3 is 1. The summed E-state index contributed by atoms with van der Waals surface area (Å²) in [4.78, 5) is 11.2. The average Bonchev–Trinajstić information content (AvgIpc) is 2.78. The minimum absolute atomic E-state index is 0.0286. The van der Waals surface area contributed by atoms with E-state index in [1.54, 1.807) is 0 Å². The van der Waals surface area contributed by atoms with E-state index in [1.165, 1.54) is 7.11 Å². The minimum Gasteiger partial charge on any atom is -0.495 e. The van der Waals surface area contributed by atoms with Crippen LogP contribution in [-0.4, -0.2) is 24.7 Å². The number of aryl methyl sites for hydroxylation is 1. The van der Waals surface area contributed by atoms with Gasteiger partial charge in [-0.15, -0.1) is 0 Å². The quantitative estimate of drug-likeness (QED) is 0.876. The predicted octanol–water partition coefficient (Wildman–Crippen LogP) is 1.96. The van der Waals surface area contributed by atoms with Crippen molar-refractivity contribution in [3.63, 3.8) is 0 Å². The van der Waals surface area contributed by atoms with E-state index in [0.29, 0.717) is 16.3 Å². The third kappa shape index (κ3) is 2.06. The number of fused-ring (bicyclic) bond motifs is 1. The molecule has 0 saturated heterocycles. The van der Waals surface area contributed by atoms with Gasteiger partial charge >= 0.3 is 5.97 Å². The maximum atomic E-state index is 11.2. The molecule has 1 aliphatic carbocycles. The smallest absolute Gasteiger partial charge is 0.312 e. The molecule has 0 bridgehead atoms. The van der Waals surface area contributed by atoms with E-state index in [4.69, 9.17) is 22.1 Å². The molecule has 0 aliphatic heterocycles. The number of rotatable bonds is 4. The number of ether oxygens (including phenoxy) is 1. The summed E-state index contributed by atoms with van der Waals surface area (Å²) in [7, 11) is 1.50. The van der Waals surface area contributed by atoms with Crippen LogP contribution in [-0.2, 0) is 17.6 Å². The van der Waals surface area contributed by atoms with Crippen LogP contribution >= 0.6 is 11.6 Å². The summed E-state index contributed by atoms with van der Waals surface area (Å²) in [6, 6.07) is 1.89. The normalized spacial score (nSPS) is 15.3. The Morgan fingerprint density at radius 1 is 1.61 bits per heavy atom. The van der Waals surface area contributed by atoms with E-state index in [0.717, 1.165) is 30.4 Å². The summed E-state index contributed by atoms with van der Waals surface area (Å²) in [5, 5.41) is 9.75. The van der Waals surface area contributed by atoms with Gasteiger partial charge in [-0.3, -0.25) is 4.79 Å². The number of carboxylic acids is 1. The summed E-state index contributed by atoms with van der Waals surface area (Å²) in [6.07, 6.45) is 2.90. The highest BCUT2D eigenvalue weighted by atomic mass is 35.5. The molecule has 0 spiro atoms. The molecule has 0 saturated carbocycles. The molecule has 1 aromatic rings. The van der Waals surface area contributed by atoms with Gasteiger partial charge in [0.1, 0.15) is 5.75 Å². The van der Waals surface area contributed by atoms with Crippen molar-refractivity contribution in [1.29, 1.82) is 0 Å². The average molecular weight is 270 g/mol. The molecule has 0 fully saturated rings. The molecule has 0 aromatic heterocycles. The number of aliphatic carboxylic acids is 1. The minimum atomic E-state index is -0.954. The van der Waals surface area contributed by atoms with Crippen molar-refractivity contribution in [3.8, 4) is 5.75 Å². The first-order valence-electron chi connectivity index (χ1n) is 5.91. The van der Waals surface area contributed by atoms with E-state index >= 15 is 0 Å². The van der Waals surface area contributed by atoms with Crippen LogP contribution in [0.4, 0.5) is 0 Å². The number of halogens is 1. The number of carboxylic acid groups (broad SMARTS) is 1. The number of nitrogens with two attached hydrogens (primary N) is 1. The van der Waals surface area contributed by atoms with Gasteiger partial charge in [0.25, 0.3) is 0 Å². The lowest BCUT2D eigenvalue weighted by atomic mass is 9.94. The third-order valence-corrected chi connectivity index (χ3v) is 3.83. The van der Waals surface area contributed by atoms with Crippen molar-refractivity contribution in [2.75, 3.05) is 13.7 Å². The van der Waals surface area contributed by atoms with Crippen LogP contribution < -0.4 is 10.5 Å². The maximum Gasteiger partial charge on any atom is 0.312 e. The van der Waals surface area contributed by atoms with Crippen molar-refractivity contribution in [2.24, 2.45) is 5.73 Å². The van der Waals surface area contributed by atoms with Crippen molar-refractivity contribution in [3.05, 3.63) is 27.8 Å². The van der Waals surface area contributed by atoms with Crippen LogP contribution in [0.2, 0.25) is 5.02 Å². The van der Waals surface area contributed by atoms with E-state index in [2.05, 4.69) is 0 Å². The summed E-state index contributed by atoms with van der Waals surface area (Å²) >= 11 is 6.31. The Hall–Kier alpha value is -1.26. The second-order valence-corrected chi connectivity index (χ2v) is 4.81. The molecule has 98 valence electrons. The van der Waals surface area contributed by atoms with Gasteiger partial charge < -0.3 is 15.6 Å². The highest BCUT2D eigenvalue weighted by molar-refractivity contribution is 6.33. The molecule has 2 rings (SSSR count). The SMILES string of the molecule is COc1c(C(CN)C(=O)O)cc2c(c1Cl)CCC2. The Labute approximate surface area is 111 Å². The predicted molar refractivity (Wildman–Crippen MR) is 69.5 cm³/mol. The molecule has 1 aliphatic rings. The molecule has 0 radical (unpaired) electrons. The van der Waals surface area contributed by atoms with Gasteiger partial charge in [0, 0.05) is 12.1 Å². The zero-order valence-electron chi connectivity index (χ0n) is 10.2. The molecule has 1 aromatic carbocycles. The molecule has 5 heteroatoms. The summed E-state index contributed by atoms with van der Waals surface area (Å²) in [5.41, 5.74) is 8.33. The first kappa shape index (κ1) is 13.2. The van der Waals surface area contributed by atoms with Gasteiger partial charge in [-0.05, 0) is 30.4 Å². The Kier molecular flexibility index (Phi) is 3.78. The fraction of sp³-hybridized carbons (Fsp3) is 0.462. The Bertz CT molecular complexity index is 488. The van der Waals surface area contributed by atoms with Gasteiger partial charge in [0.15, 0.2) is 0 Å². The van der Waals surface area contributed by atoms with Crippen LogP contribution in [0.3, 0.4) is 0 Å². The summed E-state index contributed by atoms with van der Waals surface area (Å²) in [6.45, 7) is 0.0286. The molecular weight excluding hydrogens is 254 g/mol. The second kappa shape index (κ2) is 5.16. The van der Waals surface area contributed by atoms with Gasteiger partial charge in [-0.2, -0.15) is 0 Å². The third-order valence-electron chi connectivity index (χ3n) is 3.43. The summed E-state index contributed by atoms with van der Waals surface area (Å²) < 4.78 is 5.28. The van der Waals surface area contributed by atoms with Gasteiger partial charge in [0.05, 0.1) is 18.1 Å². The van der Waals surface area contributed by atoms with Crippen molar-refractivity contribution in [2.45, 2.75) is 25.2 Å². The van der Waals surface area contributed by atoms with Crippen LogP contribution in [0.5, 0.6) is 5.75 Å². The summed E-state index contributed by atoms with van der Waals surface area (Å²) in [5.74, 6) is -1.27. The lowest BCUT2D eigenvalue weighted by Crippen LogP contribution is -2.22. The van der Waals surface area contributed by atoms with E-state index in [1.807, 2.05) is 6.07 Å². The standard InChI is InChI=1S/C13H16ClNO3/c1-18-12-9(10(6-15)13(16)17)5-7-3-2-4-8(7)11(12)14/h5,10H,2-4,6,15H2,1H3,(H,16,17).